The Bertz CT molecular complexity index is 129. The van der Waals surface area contributed by atoms with E-state index >= 15 is 0 Å². The third kappa shape index (κ3) is 6.42. The number of rotatable bonds is 7. The minimum Gasteiger partial charge on any atom is -0.330 e. The van der Waals surface area contributed by atoms with Crippen LogP contribution in [0, 0.1) is 23.7 Å². The first kappa shape index (κ1) is 14.0. The van der Waals surface area contributed by atoms with Crippen LogP contribution >= 0.6 is 0 Å². The molecule has 0 aromatic carbocycles. The van der Waals surface area contributed by atoms with Crippen LogP contribution < -0.4 is 5.73 Å². The van der Waals surface area contributed by atoms with Gasteiger partial charge in [-0.3, -0.25) is 0 Å². The van der Waals surface area contributed by atoms with E-state index in [4.69, 9.17) is 5.73 Å². The van der Waals surface area contributed by atoms with E-state index in [0.29, 0.717) is 0 Å². The molecule has 0 aromatic heterocycles. The summed E-state index contributed by atoms with van der Waals surface area (Å²) >= 11 is 0. The fraction of sp³-hybridized carbons (Fsp3) is 1.00. The van der Waals surface area contributed by atoms with Crippen molar-refractivity contribution in [3.63, 3.8) is 0 Å². The Morgan fingerprint density at radius 3 is 1.71 bits per heavy atom. The number of hydrogen-bond donors (Lipinski definition) is 1. The highest BCUT2D eigenvalue weighted by Gasteiger charge is 2.18. The second-order valence-corrected chi connectivity index (χ2v) is 5.57. The van der Waals surface area contributed by atoms with Crippen molar-refractivity contribution in [3.05, 3.63) is 0 Å². The lowest BCUT2D eigenvalue weighted by Gasteiger charge is -2.26. The van der Waals surface area contributed by atoms with Crippen molar-refractivity contribution in [2.75, 3.05) is 6.54 Å². The molecule has 2 unspecified atom stereocenters. The molecule has 1 nitrogen and oxygen atoms in total. The molecule has 0 aromatic rings. The molecule has 0 spiro atoms. The van der Waals surface area contributed by atoms with Crippen molar-refractivity contribution in [1.82, 2.24) is 0 Å². The normalized spacial score (nSPS) is 16.3. The molecule has 0 bridgehead atoms. The minimum absolute atomic E-state index is 0.807. The van der Waals surface area contributed by atoms with Crippen LogP contribution in [-0.2, 0) is 0 Å². The zero-order chi connectivity index (χ0) is 11.1. The summed E-state index contributed by atoms with van der Waals surface area (Å²) in [6.07, 6.45) is 3.88. The third-order valence-corrected chi connectivity index (χ3v) is 2.96. The second-order valence-electron chi connectivity index (χ2n) is 5.57. The molecular weight excluding hydrogens is 170 g/mol. The van der Waals surface area contributed by atoms with Crippen molar-refractivity contribution in [2.45, 2.75) is 53.9 Å². The third-order valence-electron chi connectivity index (χ3n) is 2.96. The largest absolute Gasteiger partial charge is 0.330 e. The summed E-state index contributed by atoms with van der Waals surface area (Å²) in [6, 6.07) is 0. The van der Waals surface area contributed by atoms with E-state index in [1.165, 1.54) is 19.3 Å². The SMILES string of the molecule is CC(C)CC(C)C(CCN)CC(C)C. The maximum Gasteiger partial charge on any atom is -0.00745 e. The average molecular weight is 199 g/mol. The minimum atomic E-state index is 0.807. The summed E-state index contributed by atoms with van der Waals surface area (Å²) in [4.78, 5) is 0. The van der Waals surface area contributed by atoms with Crippen LogP contribution in [0.1, 0.15) is 53.9 Å². The Hall–Kier alpha value is -0.0400. The first-order valence-corrected chi connectivity index (χ1v) is 6.17. The van der Waals surface area contributed by atoms with Crippen LogP contribution in [0.25, 0.3) is 0 Å². The average Bonchev–Trinajstić information content (AvgIpc) is 2.01. The van der Waals surface area contributed by atoms with E-state index in [9.17, 15) is 0 Å². The summed E-state index contributed by atoms with van der Waals surface area (Å²) in [7, 11) is 0. The van der Waals surface area contributed by atoms with Crippen LogP contribution in [0.4, 0.5) is 0 Å². The van der Waals surface area contributed by atoms with Gasteiger partial charge in [0.05, 0.1) is 0 Å². The van der Waals surface area contributed by atoms with E-state index < -0.39 is 0 Å². The summed E-state index contributed by atoms with van der Waals surface area (Å²) < 4.78 is 0. The zero-order valence-electron chi connectivity index (χ0n) is 10.7. The zero-order valence-corrected chi connectivity index (χ0v) is 10.7. The lowest BCUT2D eigenvalue weighted by Crippen LogP contribution is -2.19. The summed E-state index contributed by atoms with van der Waals surface area (Å²) in [5.74, 6) is 3.29. The fourth-order valence-electron chi connectivity index (χ4n) is 2.39. The molecule has 0 amide bonds. The maximum absolute atomic E-state index is 5.67. The van der Waals surface area contributed by atoms with Crippen LogP contribution in [0.3, 0.4) is 0 Å². The van der Waals surface area contributed by atoms with Gasteiger partial charge in [-0.15, -0.1) is 0 Å². The molecule has 0 radical (unpaired) electrons. The Labute approximate surface area is 90.5 Å². The quantitative estimate of drug-likeness (QED) is 0.665. The molecule has 0 fully saturated rings. The lowest BCUT2D eigenvalue weighted by atomic mass is 9.80. The molecule has 0 aliphatic rings. The van der Waals surface area contributed by atoms with Gasteiger partial charge in [0.15, 0.2) is 0 Å². The topological polar surface area (TPSA) is 26.0 Å². The monoisotopic (exact) mass is 199 g/mol. The number of nitrogens with two attached hydrogens (primary N) is 1. The van der Waals surface area contributed by atoms with Gasteiger partial charge in [0, 0.05) is 0 Å². The molecule has 1 heteroatoms. The molecule has 2 N–H and O–H groups in total. The van der Waals surface area contributed by atoms with Crippen LogP contribution in [0.5, 0.6) is 0 Å². The maximum atomic E-state index is 5.67. The van der Waals surface area contributed by atoms with Gasteiger partial charge in [0.2, 0.25) is 0 Å². The van der Waals surface area contributed by atoms with Gasteiger partial charge >= 0.3 is 0 Å². The second kappa shape index (κ2) is 7.28. The Kier molecular flexibility index (Phi) is 7.26. The first-order chi connectivity index (χ1) is 6.47. The smallest absolute Gasteiger partial charge is 0.00745 e. The van der Waals surface area contributed by atoms with E-state index in [-0.39, 0.29) is 0 Å². The highest BCUT2D eigenvalue weighted by Crippen LogP contribution is 2.28. The van der Waals surface area contributed by atoms with Crippen molar-refractivity contribution in [2.24, 2.45) is 29.4 Å². The van der Waals surface area contributed by atoms with Crippen LogP contribution in [0.15, 0.2) is 0 Å². The standard InChI is InChI=1S/C13H29N/c1-10(2)8-12(5)13(6-7-14)9-11(3)4/h10-13H,6-9,14H2,1-5H3. The molecule has 2 atom stereocenters. The lowest BCUT2D eigenvalue weighted by molar-refractivity contribution is 0.251. The van der Waals surface area contributed by atoms with Crippen molar-refractivity contribution < 1.29 is 0 Å². The molecule has 0 aliphatic carbocycles. The van der Waals surface area contributed by atoms with Gasteiger partial charge in [-0.05, 0) is 49.5 Å². The van der Waals surface area contributed by atoms with Crippen molar-refractivity contribution >= 4 is 0 Å². The molecule has 0 saturated carbocycles. The highest BCUT2D eigenvalue weighted by atomic mass is 14.5. The fourth-order valence-corrected chi connectivity index (χ4v) is 2.39. The molecular formula is C13H29N. The van der Waals surface area contributed by atoms with Gasteiger partial charge in [0.25, 0.3) is 0 Å². The van der Waals surface area contributed by atoms with Gasteiger partial charge in [-0.2, -0.15) is 0 Å². The molecule has 86 valence electrons. The highest BCUT2D eigenvalue weighted by molar-refractivity contribution is 4.70. The van der Waals surface area contributed by atoms with Crippen molar-refractivity contribution in [1.29, 1.82) is 0 Å². The summed E-state index contributed by atoms with van der Waals surface area (Å²) in [5, 5.41) is 0. The van der Waals surface area contributed by atoms with Crippen LogP contribution in [0.2, 0.25) is 0 Å². The van der Waals surface area contributed by atoms with Gasteiger partial charge in [-0.25, -0.2) is 0 Å². The predicted molar refractivity (Wildman–Crippen MR) is 65.2 cm³/mol. The molecule has 0 heterocycles. The summed E-state index contributed by atoms with van der Waals surface area (Å²) in [5.41, 5.74) is 5.67. The van der Waals surface area contributed by atoms with Gasteiger partial charge in [0.1, 0.15) is 0 Å². The molecule has 14 heavy (non-hydrogen) atoms. The Morgan fingerprint density at radius 1 is 0.857 bits per heavy atom. The Balaban J connectivity index is 4.03. The Morgan fingerprint density at radius 2 is 1.36 bits per heavy atom. The van der Waals surface area contributed by atoms with E-state index in [1.807, 2.05) is 0 Å². The van der Waals surface area contributed by atoms with E-state index in [2.05, 4.69) is 34.6 Å². The first-order valence-electron chi connectivity index (χ1n) is 6.17. The number of hydrogen-bond acceptors (Lipinski definition) is 1. The van der Waals surface area contributed by atoms with Gasteiger partial charge < -0.3 is 5.73 Å². The molecule has 0 aliphatic heterocycles. The van der Waals surface area contributed by atoms with E-state index in [0.717, 1.165) is 30.2 Å². The van der Waals surface area contributed by atoms with E-state index in [1.54, 1.807) is 0 Å². The predicted octanol–water partition coefficient (Wildman–Crippen LogP) is 3.68. The van der Waals surface area contributed by atoms with Gasteiger partial charge in [-0.1, -0.05) is 34.6 Å². The van der Waals surface area contributed by atoms with Crippen LogP contribution in [-0.4, -0.2) is 6.54 Å². The van der Waals surface area contributed by atoms with Crippen molar-refractivity contribution in [3.8, 4) is 0 Å². The molecule has 0 rings (SSSR count). The summed E-state index contributed by atoms with van der Waals surface area (Å²) in [6.45, 7) is 12.5. The molecule has 0 saturated heterocycles.